The molecule has 0 aromatic heterocycles. The number of benzene rings is 1. The summed E-state index contributed by atoms with van der Waals surface area (Å²) in [5.74, 6) is 0.227. The lowest BCUT2D eigenvalue weighted by Gasteiger charge is -2.25. The molecule has 0 saturated heterocycles. The molecule has 0 spiro atoms. The van der Waals surface area contributed by atoms with E-state index in [4.69, 9.17) is 5.11 Å². The minimum absolute atomic E-state index is 0.0477. The second kappa shape index (κ2) is 5.08. The van der Waals surface area contributed by atoms with Crippen molar-refractivity contribution in [1.82, 2.24) is 5.32 Å². The van der Waals surface area contributed by atoms with Gasteiger partial charge in [-0.05, 0) is 24.5 Å². The third-order valence-corrected chi connectivity index (χ3v) is 3.29. The first-order chi connectivity index (χ1) is 8.16. The summed E-state index contributed by atoms with van der Waals surface area (Å²) in [6.07, 6.45) is 4.84. The van der Waals surface area contributed by atoms with Crippen LogP contribution in [0.4, 0.5) is 0 Å². The Morgan fingerprint density at radius 2 is 2.12 bits per heavy atom. The molecule has 1 amide bonds. The molecule has 4 nitrogen and oxygen atoms in total. The Hall–Kier alpha value is -1.71. The zero-order chi connectivity index (χ0) is 12.3. The Morgan fingerprint density at radius 3 is 2.71 bits per heavy atom. The maximum Gasteiger partial charge on any atom is 0.255 e. The monoisotopic (exact) mass is 235 g/mol. The van der Waals surface area contributed by atoms with Gasteiger partial charge in [0.05, 0.1) is 5.56 Å². The fourth-order valence-corrected chi connectivity index (χ4v) is 1.98. The van der Waals surface area contributed by atoms with Crippen LogP contribution in [0.5, 0.6) is 11.5 Å². The van der Waals surface area contributed by atoms with Crippen molar-refractivity contribution in [3.05, 3.63) is 23.8 Å². The van der Waals surface area contributed by atoms with E-state index in [1.165, 1.54) is 37.5 Å². The summed E-state index contributed by atoms with van der Waals surface area (Å²) in [4.78, 5) is 11.7. The first kappa shape index (κ1) is 11.8. The average Bonchev–Trinajstić information content (AvgIpc) is 2.21. The van der Waals surface area contributed by atoms with Crippen LogP contribution >= 0.6 is 0 Å². The highest BCUT2D eigenvalue weighted by atomic mass is 16.3. The van der Waals surface area contributed by atoms with Gasteiger partial charge in [-0.25, -0.2) is 0 Å². The van der Waals surface area contributed by atoms with Crippen LogP contribution in [0, 0.1) is 5.92 Å². The molecule has 17 heavy (non-hydrogen) atoms. The van der Waals surface area contributed by atoms with Crippen molar-refractivity contribution in [3.8, 4) is 11.5 Å². The van der Waals surface area contributed by atoms with Crippen LogP contribution in [0.15, 0.2) is 18.2 Å². The summed E-state index contributed by atoms with van der Waals surface area (Å²) in [7, 11) is 0. The number of phenols is 2. The lowest BCUT2D eigenvalue weighted by atomic mass is 9.83. The minimum Gasteiger partial charge on any atom is -0.508 e. The van der Waals surface area contributed by atoms with Gasteiger partial charge in [-0.3, -0.25) is 4.79 Å². The molecule has 4 heteroatoms. The number of aromatic hydroxyl groups is 2. The highest BCUT2D eigenvalue weighted by molar-refractivity contribution is 5.96. The van der Waals surface area contributed by atoms with Crippen LogP contribution in [0.2, 0.25) is 0 Å². The number of nitrogens with one attached hydrogen (secondary N) is 1. The van der Waals surface area contributed by atoms with Gasteiger partial charge in [-0.1, -0.05) is 19.3 Å². The Morgan fingerprint density at radius 1 is 1.35 bits per heavy atom. The van der Waals surface area contributed by atoms with Crippen LogP contribution in [0.1, 0.15) is 36.0 Å². The second-order valence-corrected chi connectivity index (χ2v) is 4.54. The molecule has 1 aliphatic carbocycles. The maximum absolute atomic E-state index is 11.7. The fourth-order valence-electron chi connectivity index (χ4n) is 1.98. The molecule has 1 saturated carbocycles. The van der Waals surface area contributed by atoms with Crippen molar-refractivity contribution in [1.29, 1.82) is 0 Å². The van der Waals surface area contributed by atoms with Gasteiger partial charge in [-0.15, -0.1) is 0 Å². The maximum atomic E-state index is 11.7. The highest BCUT2D eigenvalue weighted by Gasteiger charge is 2.17. The summed E-state index contributed by atoms with van der Waals surface area (Å²) >= 11 is 0. The molecule has 0 aliphatic heterocycles. The van der Waals surface area contributed by atoms with Gasteiger partial charge < -0.3 is 15.5 Å². The van der Waals surface area contributed by atoms with E-state index in [1.54, 1.807) is 0 Å². The zero-order valence-electron chi connectivity index (χ0n) is 9.65. The third-order valence-electron chi connectivity index (χ3n) is 3.29. The molecule has 0 unspecified atom stereocenters. The molecule has 2 rings (SSSR count). The summed E-state index contributed by atoms with van der Waals surface area (Å²) < 4.78 is 0. The summed E-state index contributed by atoms with van der Waals surface area (Å²) in [6, 6.07) is 3.98. The molecule has 1 fully saturated rings. The first-order valence-corrected chi connectivity index (χ1v) is 5.97. The Kier molecular flexibility index (Phi) is 3.52. The topological polar surface area (TPSA) is 69.6 Å². The van der Waals surface area contributed by atoms with E-state index < -0.39 is 0 Å². The fraction of sp³-hybridized carbons (Fsp3) is 0.462. The highest BCUT2D eigenvalue weighted by Crippen LogP contribution is 2.28. The first-order valence-electron chi connectivity index (χ1n) is 5.97. The van der Waals surface area contributed by atoms with E-state index in [2.05, 4.69) is 5.32 Å². The quantitative estimate of drug-likeness (QED) is 0.747. The number of hydrogen-bond donors (Lipinski definition) is 3. The lowest BCUT2D eigenvalue weighted by molar-refractivity contribution is 0.0946. The molecule has 1 aliphatic rings. The van der Waals surface area contributed by atoms with E-state index in [9.17, 15) is 9.90 Å². The largest absolute Gasteiger partial charge is 0.508 e. The molecule has 0 bridgehead atoms. The van der Waals surface area contributed by atoms with Crippen LogP contribution in [0.3, 0.4) is 0 Å². The van der Waals surface area contributed by atoms with Crippen molar-refractivity contribution in [2.24, 2.45) is 5.92 Å². The summed E-state index contributed by atoms with van der Waals surface area (Å²) in [5, 5.41) is 21.4. The van der Waals surface area contributed by atoms with E-state index in [-0.39, 0.29) is 23.0 Å². The average molecular weight is 235 g/mol. The van der Waals surface area contributed by atoms with Gasteiger partial charge in [-0.2, -0.15) is 0 Å². The van der Waals surface area contributed by atoms with Crippen LogP contribution in [-0.4, -0.2) is 22.7 Å². The van der Waals surface area contributed by atoms with Crippen molar-refractivity contribution < 1.29 is 15.0 Å². The molecule has 0 radical (unpaired) electrons. The molecule has 0 heterocycles. The molecule has 0 atom stereocenters. The smallest absolute Gasteiger partial charge is 0.255 e. The van der Waals surface area contributed by atoms with Gasteiger partial charge >= 0.3 is 0 Å². The van der Waals surface area contributed by atoms with Gasteiger partial charge in [0.25, 0.3) is 5.91 Å². The second-order valence-electron chi connectivity index (χ2n) is 4.54. The Bertz CT molecular complexity index is 413. The lowest BCUT2D eigenvalue weighted by Crippen LogP contribution is -2.27. The zero-order valence-corrected chi connectivity index (χ0v) is 9.65. The number of rotatable bonds is 4. The van der Waals surface area contributed by atoms with Crippen molar-refractivity contribution in [3.63, 3.8) is 0 Å². The van der Waals surface area contributed by atoms with E-state index in [1.807, 2.05) is 0 Å². The number of hydrogen-bond acceptors (Lipinski definition) is 3. The third kappa shape index (κ3) is 2.90. The van der Waals surface area contributed by atoms with E-state index in [0.29, 0.717) is 6.54 Å². The Labute approximate surface area is 100 Å². The van der Waals surface area contributed by atoms with E-state index >= 15 is 0 Å². The van der Waals surface area contributed by atoms with Crippen molar-refractivity contribution in [2.45, 2.75) is 25.7 Å². The number of phenolic OH excluding ortho intramolecular Hbond substituents is 2. The Balaban J connectivity index is 1.85. The molecule has 1 aromatic rings. The van der Waals surface area contributed by atoms with Gasteiger partial charge in [0.2, 0.25) is 0 Å². The summed E-state index contributed by atoms with van der Waals surface area (Å²) in [6.45, 7) is 0.643. The molecule has 1 aromatic carbocycles. The predicted octanol–water partition coefficient (Wildman–Crippen LogP) is 2.02. The summed E-state index contributed by atoms with van der Waals surface area (Å²) in [5.41, 5.74) is 0.205. The van der Waals surface area contributed by atoms with Crippen molar-refractivity contribution >= 4 is 5.91 Å². The van der Waals surface area contributed by atoms with Crippen LogP contribution < -0.4 is 5.32 Å². The van der Waals surface area contributed by atoms with Gasteiger partial charge in [0, 0.05) is 12.6 Å². The SMILES string of the molecule is O=C(NCCC1CCC1)c1ccc(O)cc1O. The van der Waals surface area contributed by atoms with E-state index in [0.717, 1.165) is 12.3 Å². The number of carbonyl (C=O) groups excluding carboxylic acids is 1. The predicted molar refractivity (Wildman–Crippen MR) is 64.1 cm³/mol. The molecule has 3 N–H and O–H groups in total. The van der Waals surface area contributed by atoms with Crippen LogP contribution in [0.25, 0.3) is 0 Å². The van der Waals surface area contributed by atoms with Crippen molar-refractivity contribution in [2.75, 3.05) is 6.54 Å². The normalized spacial score (nSPS) is 15.3. The standard InChI is InChI=1S/C13H17NO3/c15-10-4-5-11(12(16)8-10)13(17)14-7-6-9-2-1-3-9/h4-5,8-9,15-16H,1-3,6-7H2,(H,14,17). The number of carbonyl (C=O) groups is 1. The molecular weight excluding hydrogens is 218 g/mol. The molecule has 92 valence electrons. The number of amides is 1. The molecular formula is C13H17NO3. The van der Waals surface area contributed by atoms with Crippen LogP contribution in [-0.2, 0) is 0 Å². The van der Waals surface area contributed by atoms with Gasteiger partial charge in [0.15, 0.2) is 0 Å². The minimum atomic E-state index is -0.290. The van der Waals surface area contributed by atoms with Gasteiger partial charge in [0.1, 0.15) is 11.5 Å².